The summed E-state index contributed by atoms with van der Waals surface area (Å²) in [6.45, 7) is 5.37. The van der Waals surface area contributed by atoms with Gasteiger partial charge in [-0.25, -0.2) is 4.85 Å². The van der Waals surface area contributed by atoms with Crippen molar-refractivity contribution in [2.45, 2.75) is 37.4 Å². The summed E-state index contributed by atoms with van der Waals surface area (Å²) in [4.78, 5) is 15.2. The van der Waals surface area contributed by atoms with Gasteiger partial charge in [-0.2, -0.15) is 44.6 Å². The van der Waals surface area contributed by atoms with Crippen LogP contribution in [-0.4, -0.2) is 36.1 Å². The lowest BCUT2D eigenvalue weighted by Crippen LogP contribution is -2.55. The molecule has 0 radical (unpaired) electrons. The molecule has 0 aromatic heterocycles. The molecular formula is C16H9Cl2F9N4O. The molecule has 1 atom stereocenters. The standard InChI is InChI=1S/C16H9Cl2F9N4O/c1-13(4-8(29-30-13)15(22,23)24)12(32)31(5-14(19,20)21)11-6(17)3-7(28-2)9(10(11)18)16(25,26)27/h3,30H,4-5H2,1H3. The molecule has 1 unspecified atom stereocenters. The molecule has 2 rings (SSSR count). The van der Waals surface area contributed by atoms with Crippen molar-refractivity contribution in [2.24, 2.45) is 5.10 Å². The van der Waals surface area contributed by atoms with Gasteiger partial charge in [-0.3, -0.25) is 15.1 Å². The molecule has 0 saturated carbocycles. The number of carbonyl (C=O) groups is 1. The summed E-state index contributed by atoms with van der Waals surface area (Å²) < 4.78 is 118. The monoisotopic (exact) mass is 514 g/mol. The van der Waals surface area contributed by atoms with E-state index in [1.165, 1.54) is 0 Å². The highest BCUT2D eigenvalue weighted by atomic mass is 35.5. The summed E-state index contributed by atoms with van der Waals surface area (Å²) in [5, 5.41) is 0.491. The van der Waals surface area contributed by atoms with Gasteiger partial charge >= 0.3 is 18.5 Å². The first kappa shape index (κ1) is 25.9. The van der Waals surface area contributed by atoms with Crippen LogP contribution in [0, 0.1) is 6.57 Å². The largest absolute Gasteiger partial charge is 0.431 e. The Morgan fingerprint density at radius 3 is 2.16 bits per heavy atom. The van der Waals surface area contributed by atoms with Crippen molar-refractivity contribution in [3.8, 4) is 0 Å². The van der Waals surface area contributed by atoms with Crippen molar-refractivity contribution in [3.05, 3.63) is 33.1 Å². The lowest BCUT2D eigenvalue weighted by molar-refractivity contribution is -0.137. The van der Waals surface area contributed by atoms with Gasteiger partial charge in [-0.1, -0.05) is 23.2 Å². The highest BCUT2D eigenvalue weighted by Gasteiger charge is 2.51. The van der Waals surface area contributed by atoms with Crippen LogP contribution in [0.4, 0.5) is 50.9 Å². The predicted molar refractivity (Wildman–Crippen MR) is 95.8 cm³/mol. The second-order valence-electron chi connectivity index (χ2n) is 6.71. The van der Waals surface area contributed by atoms with Crippen molar-refractivity contribution >= 4 is 46.2 Å². The Morgan fingerprint density at radius 1 is 1.19 bits per heavy atom. The van der Waals surface area contributed by atoms with E-state index in [9.17, 15) is 44.3 Å². The average molecular weight is 515 g/mol. The number of amides is 1. The lowest BCUT2D eigenvalue weighted by Gasteiger charge is -2.33. The van der Waals surface area contributed by atoms with Crippen LogP contribution in [0.2, 0.25) is 10.0 Å². The van der Waals surface area contributed by atoms with Crippen LogP contribution in [0.25, 0.3) is 4.85 Å². The van der Waals surface area contributed by atoms with Gasteiger partial charge in [0.15, 0.2) is 0 Å². The third kappa shape index (κ3) is 5.15. The first-order valence-electron chi connectivity index (χ1n) is 8.08. The van der Waals surface area contributed by atoms with Crippen molar-refractivity contribution in [1.29, 1.82) is 0 Å². The quantitative estimate of drug-likeness (QED) is 0.389. The van der Waals surface area contributed by atoms with Crippen LogP contribution in [0.5, 0.6) is 0 Å². The van der Waals surface area contributed by atoms with Crippen molar-refractivity contribution in [3.63, 3.8) is 0 Å². The van der Waals surface area contributed by atoms with Crippen LogP contribution in [0.1, 0.15) is 18.9 Å². The van der Waals surface area contributed by atoms with Gasteiger partial charge in [0, 0.05) is 6.42 Å². The molecule has 0 fully saturated rings. The molecule has 16 heteroatoms. The summed E-state index contributed by atoms with van der Waals surface area (Å²) in [6.07, 6.45) is -16.8. The third-order valence-electron chi connectivity index (χ3n) is 4.19. The highest BCUT2D eigenvalue weighted by molar-refractivity contribution is 6.41. The minimum atomic E-state index is -5.33. The number of rotatable bonds is 3. The number of halogens is 11. The molecular weight excluding hydrogens is 506 g/mol. The molecule has 0 spiro atoms. The summed E-state index contributed by atoms with van der Waals surface area (Å²) >= 11 is 11.4. The van der Waals surface area contributed by atoms with E-state index in [0.717, 1.165) is 6.92 Å². The smallest absolute Gasteiger partial charge is 0.298 e. The Balaban J connectivity index is 2.68. The van der Waals surface area contributed by atoms with Gasteiger partial charge < -0.3 is 0 Å². The number of alkyl halides is 9. The average Bonchev–Trinajstić information content (AvgIpc) is 3.01. The molecule has 1 aliphatic heterocycles. The zero-order chi connectivity index (χ0) is 24.9. The van der Waals surface area contributed by atoms with Gasteiger partial charge in [0.1, 0.15) is 17.8 Å². The topological polar surface area (TPSA) is 49.1 Å². The van der Waals surface area contributed by atoms with Crippen molar-refractivity contribution in [1.82, 2.24) is 5.43 Å². The molecule has 1 heterocycles. The van der Waals surface area contributed by atoms with E-state index in [1.807, 2.05) is 0 Å². The second-order valence-corrected chi connectivity index (χ2v) is 7.49. The highest BCUT2D eigenvalue weighted by Crippen LogP contribution is 2.49. The van der Waals surface area contributed by atoms with Gasteiger partial charge in [-0.05, 0) is 13.0 Å². The summed E-state index contributed by atoms with van der Waals surface area (Å²) in [5.74, 6) is -1.73. The van der Waals surface area contributed by atoms with Gasteiger partial charge in [0.05, 0.1) is 27.9 Å². The molecule has 0 aliphatic carbocycles. The maximum atomic E-state index is 13.4. The Labute approximate surface area is 183 Å². The predicted octanol–water partition coefficient (Wildman–Crippen LogP) is 6.13. The van der Waals surface area contributed by atoms with Gasteiger partial charge in [0.2, 0.25) is 5.69 Å². The van der Waals surface area contributed by atoms with Crippen LogP contribution in [-0.2, 0) is 11.0 Å². The Kier molecular flexibility index (Phi) is 6.61. The maximum Gasteiger partial charge on any atom is 0.431 e. The van der Waals surface area contributed by atoms with Crippen LogP contribution in [0.3, 0.4) is 0 Å². The molecule has 0 saturated heterocycles. The number of carbonyl (C=O) groups excluding carboxylic acids is 1. The molecule has 1 N–H and O–H groups in total. The van der Waals surface area contributed by atoms with E-state index in [-0.39, 0.29) is 4.90 Å². The van der Waals surface area contributed by atoms with Crippen LogP contribution >= 0.6 is 23.2 Å². The molecule has 1 amide bonds. The first-order chi connectivity index (χ1) is 14.3. The fourth-order valence-corrected chi connectivity index (χ4v) is 3.58. The number of anilines is 1. The lowest BCUT2D eigenvalue weighted by atomic mass is 9.94. The Bertz CT molecular complexity index is 1010. The summed E-state index contributed by atoms with van der Waals surface area (Å²) in [6, 6.07) is 0.358. The SMILES string of the molecule is [C-]#[N+]c1cc(Cl)c(N(CC(F)(F)F)C(=O)C2(C)CC(C(F)(F)F)=NN2)c(Cl)c1C(F)(F)F. The zero-order valence-corrected chi connectivity index (χ0v) is 16.9. The van der Waals surface area contributed by atoms with Crippen LogP contribution in [0.15, 0.2) is 11.2 Å². The number of hydrogen-bond acceptors (Lipinski definition) is 3. The van der Waals surface area contributed by atoms with Crippen molar-refractivity contribution in [2.75, 3.05) is 11.4 Å². The fourth-order valence-electron chi connectivity index (χ4n) is 2.82. The Hall–Kier alpha value is -2.40. The molecule has 32 heavy (non-hydrogen) atoms. The fraction of sp³-hybridized carbons (Fsp3) is 0.438. The summed E-state index contributed by atoms with van der Waals surface area (Å²) in [7, 11) is 0. The molecule has 1 aliphatic rings. The summed E-state index contributed by atoms with van der Waals surface area (Å²) in [5.41, 5.74) is -6.42. The van der Waals surface area contributed by atoms with E-state index in [0.29, 0.717) is 6.07 Å². The minimum Gasteiger partial charge on any atom is -0.298 e. The molecule has 1 aromatic rings. The van der Waals surface area contributed by atoms with E-state index in [1.54, 1.807) is 5.43 Å². The number of nitrogens with zero attached hydrogens (tertiary/aromatic N) is 3. The number of hydrazone groups is 1. The normalized spacial score (nSPS) is 19.3. The first-order valence-corrected chi connectivity index (χ1v) is 8.83. The minimum absolute atomic E-state index is 0.310. The maximum absolute atomic E-state index is 13.4. The molecule has 176 valence electrons. The third-order valence-corrected chi connectivity index (χ3v) is 4.84. The number of nitrogens with one attached hydrogen (secondary N) is 1. The van der Waals surface area contributed by atoms with E-state index in [2.05, 4.69) is 9.95 Å². The van der Waals surface area contributed by atoms with Crippen molar-refractivity contribution < 1.29 is 44.3 Å². The molecule has 1 aromatic carbocycles. The number of hydrogen-bond donors (Lipinski definition) is 1. The van der Waals surface area contributed by atoms with Gasteiger partial charge in [-0.15, -0.1) is 0 Å². The van der Waals surface area contributed by atoms with Gasteiger partial charge in [0.25, 0.3) is 5.91 Å². The number of benzene rings is 1. The van der Waals surface area contributed by atoms with Crippen LogP contribution < -0.4 is 10.3 Å². The zero-order valence-electron chi connectivity index (χ0n) is 15.4. The Morgan fingerprint density at radius 2 is 1.75 bits per heavy atom. The molecule has 0 bridgehead atoms. The van der Waals surface area contributed by atoms with E-state index >= 15 is 0 Å². The van der Waals surface area contributed by atoms with E-state index < -0.39 is 75.6 Å². The second kappa shape index (κ2) is 8.18. The van der Waals surface area contributed by atoms with E-state index in [4.69, 9.17) is 29.8 Å². The molecule has 5 nitrogen and oxygen atoms in total.